The molecule has 0 aromatic rings. The summed E-state index contributed by atoms with van der Waals surface area (Å²) >= 11 is 0. The summed E-state index contributed by atoms with van der Waals surface area (Å²) in [5, 5.41) is 11.5. The van der Waals surface area contributed by atoms with E-state index in [2.05, 4.69) is 5.32 Å². The van der Waals surface area contributed by atoms with Gasteiger partial charge in [0, 0.05) is 26.2 Å². The third-order valence-corrected chi connectivity index (χ3v) is 2.53. The number of nitrogens with one attached hydrogen (secondary N) is 1. The highest BCUT2D eigenvalue weighted by atomic mass is 16.5. The van der Waals surface area contributed by atoms with Crippen molar-refractivity contribution in [3.8, 4) is 0 Å². The van der Waals surface area contributed by atoms with Crippen LogP contribution >= 0.6 is 0 Å². The minimum Gasteiger partial charge on any atom is -0.481 e. The number of aliphatic carboxylic acids is 1. The smallest absolute Gasteiger partial charge is 0.305 e. The lowest BCUT2D eigenvalue weighted by molar-refractivity contribution is -0.138. The Bertz CT molecular complexity index is 253. The first-order valence-electron chi connectivity index (χ1n) is 5.86. The average molecular weight is 245 g/mol. The minimum absolute atomic E-state index is 0.0396. The second-order valence-corrected chi connectivity index (χ2v) is 4.78. The number of ether oxygens (including phenoxy) is 1. The first kappa shape index (κ1) is 15.9. The number of hydrogen-bond donors (Lipinski definition) is 2. The van der Waals surface area contributed by atoms with Gasteiger partial charge in [-0.05, 0) is 11.8 Å². The molecule has 0 aromatic carbocycles. The Morgan fingerprint density at radius 2 is 1.82 bits per heavy atom. The summed E-state index contributed by atoms with van der Waals surface area (Å²) < 4.78 is 4.95. The highest BCUT2D eigenvalue weighted by Gasteiger charge is 2.20. The van der Waals surface area contributed by atoms with Crippen LogP contribution in [0.25, 0.3) is 0 Å². The van der Waals surface area contributed by atoms with E-state index in [1.165, 1.54) is 0 Å². The molecule has 2 atom stereocenters. The summed E-state index contributed by atoms with van der Waals surface area (Å²) in [4.78, 5) is 22.3. The van der Waals surface area contributed by atoms with E-state index in [-0.39, 0.29) is 30.2 Å². The van der Waals surface area contributed by atoms with Gasteiger partial charge in [-0.3, -0.25) is 9.59 Å². The van der Waals surface area contributed by atoms with Crippen LogP contribution in [0.2, 0.25) is 0 Å². The van der Waals surface area contributed by atoms with Crippen LogP contribution in [0.1, 0.15) is 33.6 Å². The number of carboxylic acids is 1. The summed E-state index contributed by atoms with van der Waals surface area (Å²) in [6.07, 6.45) is 0.318. The molecule has 0 aliphatic heterocycles. The van der Waals surface area contributed by atoms with Gasteiger partial charge < -0.3 is 15.2 Å². The molecule has 0 rings (SSSR count). The van der Waals surface area contributed by atoms with Gasteiger partial charge in [0.25, 0.3) is 0 Å². The Balaban J connectivity index is 4.16. The molecule has 5 nitrogen and oxygen atoms in total. The third kappa shape index (κ3) is 7.74. The maximum Gasteiger partial charge on any atom is 0.305 e. The lowest BCUT2D eigenvalue weighted by Gasteiger charge is -2.21. The Morgan fingerprint density at radius 1 is 1.24 bits per heavy atom. The van der Waals surface area contributed by atoms with E-state index in [0.29, 0.717) is 13.0 Å². The van der Waals surface area contributed by atoms with Crippen molar-refractivity contribution < 1.29 is 19.4 Å². The van der Waals surface area contributed by atoms with Crippen molar-refractivity contribution in [1.82, 2.24) is 5.32 Å². The van der Waals surface area contributed by atoms with E-state index in [0.717, 1.165) is 0 Å². The highest BCUT2D eigenvalue weighted by molar-refractivity contribution is 5.77. The second kappa shape index (κ2) is 8.06. The lowest BCUT2D eigenvalue weighted by Crippen LogP contribution is -2.40. The number of amides is 1. The molecule has 0 aliphatic rings. The van der Waals surface area contributed by atoms with E-state index in [1.807, 2.05) is 20.8 Å². The summed E-state index contributed by atoms with van der Waals surface area (Å²) in [7, 11) is 1.59. The maximum absolute atomic E-state index is 11.7. The number of carbonyl (C=O) groups is 2. The Hall–Kier alpha value is -1.10. The monoisotopic (exact) mass is 245 g/mol. The van der Waals surface area contributed by atoms with Gasteiger partial charge in [0.2, 0.25) is 5.91 Å². The zero-order valence-corrected chi connectivity index (χ0v) is 11.0. The molecular weight excluding hydrogens is 222 g/mol. The molecule has 0 radical (unpaired) electrons. The Kier molecular flexibility index (Phi) is 7.54. The van der Waals surface area contributed by atoms with Crippen LogP contribution < -0.4 is 5.32 Å². The van der Waals surface area contributed by atoms with E-state index in [1.54, 1.807) is 7.11 Å². The predicted octanol–water partition coefficient (Wildman–Crippen LogP) is 1.27. The van der Waals surface area contributed by atoms with Crippen molar-refractivity contribution in [2.24, 2.45) is 11.8 Å². The molecule has 2 N–H and O–H groups in total. The Labute approximate surface area is 103 Å². The van der Waals surface area contributed by atoms with Crippen molar-refractivity contribution >= 4 is 11.9 Å². The normalized spacial score (nSPS) is 14.4. The van der Waals surface area contributed by atoms with Gasteiger partial charge in [-0.15, -0.1) is 0 Å². The fraction of sp³-hybridized carbons (Fsp3) is 0.833. The topological polar surface area (TPSA) is 75.6 Å². The molecule has 0 spiro atoms. The van der Waals surface area contributed by atoms with Crippen LogP contribution in [0, 0.1) is 11.8 Å². The standard InChI is InChI=1S/C12H23NO4/c1-8(2)10(6-12(15)16)13-11(14)5-9(3)7-17-4/h8-10H,5-7H2,1-4H3,(H,13,14)(H,15,16). The van der Waals surface area contributed by atoms with E-state index in [9.17, 15) is 9.59 Å². The molecule has 0 aliphatic carbocycles. The first-order chi connectivity index (χ1) is 7.86. The van der Waals surface area contributed by atoms with Gasteiger partial charge >= 0.3 is 5.97 Å². The average Bonchev–Trinajstić information content (AvgIpc) is 2.15. The highest BCUT2D eigenvalue weighted by Crippen LogP contribution is 2.08. The number of carboxylic acid groups (broad SMARTS) is 1. The van der Waals surface area contributed by atoms with E-state index < -0.39 is 5.97 Å². The molecule has 100 valence electrons. The molecule has 2 unspecified atom stereocenters. The summed E-state index contributed by atoms with van der Waals surface area (Å²) in [6.45, 7) is 6.24. The van der Waals surface area contributed by atoms with Crippen molar-refractivity contribution in [1.29, 1.82) is 0 Å². The largest absolute Gasteiger partial charge is 0.481 e. The molecule has 17 heavy (non-hydrogen) atoms. The van der Waals surface area contributed by atoms with Gasteiger partial charge in [-0.2, -0.15) is 0 Å². The fourth-order valence-electron chi connectivity index (χ4n) is 1.57. The third-order valence-electron chi connectivity index (χ3n) is 2.53. The van der Waals surface area contributed by atoms with Crippen molar-refractivity contribution in [2.45, 2.75) is 39.7 Å². The summed E-state index contributed by atoms with van der Waals surface area (Å²) in [6, 6.07) is -0.310. The summed E-state index contributed by atoms with van der Waals surface area (Å²) in [5.41, 5.74) is 0. The van der Waals surface area contributed by atoms with Crippen LogP contribution in [0.3, 0.4) is 0 Å². The SMILES string of the molecule is COCC(C)CC(=O)NC(CC(=O)O)C(C)C. The lowest BCUT2D eigenvalue weighted by atomic mass is 10.00. The molecule has 0 saturated carbocycles. The molecule has 0 saturated heterocycles. The fourth-order valence-corrected chi connectivity index (χ4v) is 1.57. The summed E-state index contributed by atoms with van der Waals surface area (Å²) in [5.74, 6) is -0.770. The van der Waals surface area contributed by atoms with E-state index in [4.69, 9.17) is 9.84 Å². The zero-order chi connectivity index (χ0) is 13.4. The number of carbonyl (C=O) groups excluding carboxylic acids is 1. The first-order valence-corrected chi connectivity index (χ1v) is 5.86. The Morgan fingerprint density at radius 3 is 2.24 bits per heavy atom. The molecule has 0 heterocycles. The van der Waals surface area contributed by atoms with Gasteiger partial charge in [-0.1, -0.05) is 20.8 Å². The number of rotatable bonds is 8. The predicted molar refractivity (Wildman–Crippen MR) is 64.7 cm³/mol. The van der Waals surface area contributed by atoms with Crippen LogP contribution in [-0.4, -0.2) is 36.7 Å². The van der Waals surface area contributed by atoms with Crippen molar-refractivity contribution in [2.75, 3.05) is 13.7 Å². The van der Waals surface area contributed by atoms with Gasteiger partial charge in [0.1, 0.15) is 0 Å². The quantitative estimate of drug-likeness (QED) is 0.675. The van der Waals surface area contributed by atoms with Gasteiger partial charge in [-0.25, -0.2) is 0 Å². The molecule has 0 bridgehead atoms. The molecule has 1 amide bonds. The molecule has 5 heteroatoms. The van der Waals surface area contributed by atoms with Crippen molar-refractivity contribution in [3.05, 3.63) is 0 Å². The number of hydrogen-bond acceptors (Lipinski definition) is 3. The van der Waals surface area contributed by atoms with Crippen LogP contribution in [0.4, 0.5) is 0 Å². The van der Waals surface area contributed by atoms with E-state index >= 15 is 0 Å². The molecular formula is C12H23NO4. The van der Waals surface area contributed by atoms with Crippen LogP contribution in [0.5, 0.6) is 0 Å². The molecule has 0 fully saturated rings. The zero-order valence-electron chi connectivity index (χ0n) is 11.0. The second-order valence-electron chi connectivity index (χ2n) is 4.78. The molecule has 0 aromatic heterocycles. The minimum atomic E-state index is -0.895. The van der Waals surface area contributed by atoms with Crippen LogP contribution in [-0.2, 0) is 14.3 Å². The van der Waals surface area contributed by atoms with Crippen molar-refractivity contribution in [3.63, 3.8) is 0 Å². The maximum atomic E-state index is 11.7. The van der Waals surface area contributed by atoms with Gasteiger partial charge in [0.15, 0.2) is 0 Å². The van der Waals surface area contributed by atoms with Gasteiger partial charge in [0.05, 0.1) is 6.42 Å². The van der Waals surface area contributed by atoms with Crippen LogP contribution in [0.15, 0.2) is 0 Å². The number of methoxy groups -OCH3 is 1.